The first-order valence-corrected chi connectivity index (χ1v) is 9.89. The van der Waals surface area contributed by atoms with Gasteiger partial charge in [0, 0.05) is 44.6 Å². The largest absolute Gasteiger partial charge is 0.381 e. The Kier molecular flexibility index (Phi) is 6.81. The molecule has 7 heteroatoms. The number of rotatable bonds is 8. The van der Waals surface area contributed by atoms with Crippen LogP contribution in [0.2, 0.25) is 0 Å². The van der Waals surface area contributed by atoms with Crippen molar-refractivity contribution < 1.29 is 9.53 Å². The third-order valence-corrected chi connectivity index (χ3v) is 5.01. The summed E-state index contributed by atoms with van der Waals surface area (Å²) in [5, 5.41) is 9.48. The molecule has 0 atom stereocenters. The van der Waals surface area contributed by atoms with Crippen molar-refractivity contribution in [3.05, 3.63) is 47.7 Å². The Labute approximate surface area is 166 Å². The summed E-state index contributed by atoms with van der Waals surface area (Å²) < 4.78 is 5.51. The fourth-order valence-corrected chi connectivity index (χ4v) is 3.56. The number of aromatic nitrogens is 2. The van der Waals surface area contributed by atoms with Crippen LogP contribution in [0, 0.1) is 6.92 Å². The molecule has 7 nitrogen and oxygen atoms in total. The molecular weight excluding hydrogens is 354 g/mol. The highest BCUT2D eigenvalue weighted by atomic mass is 16.5. The second kappa shape index (κ2) is 9.50. The smallest absolute Gasteiger partial charge is 0.230 e. The molecule has 0 aliphatic carbocycles. The summed E-state index contributed by atoms with van der Waals surface area (Å²) in [7, 11) is 0. The number of nitrogens with zero attached hydrogens (tertiary/aromatic N) is 2. The Bertz CT molecular complexity index is 776. The molecule has 0 saturated carbocycles. The van der Waals surface area contributed by atoms with E-state index in [1.54, 1.807) is 0 Å². The highest BCUT2D eigenvalue weighted by Gasteiger charge is 2.41. The minimum absolute atomic E-state index is 0.0657. The van der Waals surface area contributed by atoms with Crippen molar-refractivity contribution in [3.8, 4) is 0 Å². The topological polar surface area (TPSA) is 88.2 Å². The van der Waals surface area contributed by atoms with Crippen molar-refractivity contribution in [2.24, 2.45) is 0 Å². The van der Waals surface area contributed by atoms with E-state index in [1.165, 1.54) is 0 Å². The van der Waals surface area contributed by atoms with Crippen LogP contribution >= 0.6 is 0 Å². The molecule has 1 aromatic heterocycles. The van der Waals surface area contributed by atoms with Crippen molar-refractivity contribution in [1.29, 1.82) is 0 Å². The lowest BCUT2D eigenvalue weighted by molar-refractivity contribution is -0.130. The van der Waals surface area contributed by atoms with Crippen molar-refractivity contribution in [3.63, 3.8) is 0 Å². The number of hydrogen-bond donors (Lipinski definition) is 3. The number of nitrogens with one attached hydrogen (secondary N) is 3. The van der Waals surface area contributed by atoms with Gasteiger partial charge in [-0.3, -0.25) is 4.79 Å². The lowest BCUT2D eigenvalue weighted by atomic mass is 9.73. The van der Waals surface area contributed by atoms with Gasteiger partial charge >= 0.3 is 0 Å². The van der Waals surface area contributed by atoms with E-state index in [9.17, 15) is 4.79 Å². The zero-order valence-electron chi connectivity index (χ0n) is 16.6. The standard InChI is InChI=1S/C21H29N5O2/c1-3-22-20-25-16(2)15-18(26-20)23-11-12-24-19(27)21(9-13-28-14-10-21)17-7-5-4-6-8-17/h4-8,15H,3,9-14H2,1-2H3,(H,24,27)(H2,22,23,25,26). The maximum absolute atomic E-state index is 13.1. The second-order valence-corrected chi connectivity index (χ2v) is 6.99. The highest BCUT2D eigenvalue weighted by Crippen LogP contribution is 2.35. The SMILES string of the molecule is CCNc1nc(C)cc(NCCNC(=O)C2(c3ccccc3)CCOCC2)n1. The van der Waals surface area contributed by atoms with Gasteiger partial charge in [-0.1, -0.05) is 30.3 Å². The van der Waals surface area contributed by atoms with Crippen LogP contribution in [0.15, 0.2) is 36.4 Å². The van der Waals surface area contributed by atoms with Crippen LogP contribution in [0.1, 0.15) is 31.0 Å². The number of aryl methyl sites for hydroxylation is 1. The van der Waals surface area contributed by atoms with E-state index in [4.69, 9.17) is 4.74 Å². The van der Waals surface area contributed by atoms with Gasteiger partial charge in [0.15, 0.2) is 0 Å². The molecule has 1 aromatic carbocycles. The Hall–Kier alpha value is -2.67. The van der Waals surface area contributed by atoms with E-state index in [-0.39, 0.29) is 5.91 Å². The molecule has 0 bridgehead atoms. The van der Waals surface area contributed by atoms with Gasteiger partial charge in [-0.2, -0.15) is 4.98 Å². The second-order valence-electron chi connectivity index (χ2n) is 6.99. The van der Waals surface area contributed by atoms with Gasteiger partial charge < -0.3 is 20.7 Å². The summed E-state index contributed by atoms with van der Waals surface area (Å²) in [6.07, 6.45) is 1.40. The van der Waals surface area contributed by atoms with E-state index in [0.29, 0.717) is 45.1 Å². The van der Waals surface area contributed by atoms with Crippen LogP contribution < -0.4 is 16.0 Å². The average molecular weight is 383 g/mol. The van der Waals surface area contributed by atoms with Crippen LogP contribution in [0.4, 0.5) is 11.8 Å². The van der Waals surface area contributed by atoms with Gasteiger partial charge in [0.2, 0.25) is 11.9 Å². The molecule has 2 aromatic rings. The van der Waals surface area contributed by atoms with Crippen molar-refractivity contribution >= 4 is 17.7 Å². The molecule has 28 heavy (non-hydrogen) atoms. The van der Waals surface area contributed by atoms with Crippen LogP contribution in [-0.2, 0) is 14.9 Å². The Balaban J connectivity index is 1.58. The molecule has 3 rings (SSSR count). The first-order chi connectivity index (χ1) is 13.6. The van der Waals surface area contributed by atoms with Gasteiger partial charge in [0.05, 0.1) is 5.41 Å². The first-order valence-electron chi connectivity index (χ1n) is 9.89. The highest BCUT2D eigenvalue weighted by molar-refractivity contribution is 5.88. The maximum atomic E-state index is 13.1. The van der Waals surface area contributed by atoms with Gasteiger partial charge in [-0.25, -0.2) is 4.98 Å². The van der Waals surface area contributed by atoms with Crippen LogP contribution in [0.25, 0.3) is 0 Å². The molecule has 1 aliphatic heterocycles. The normalized spacial score (nSPS) is 15.6. The third-order valence-electron chi connectivity index (χ3n) is 5.01. The van der Waals surface area contributed by atoms with Gasteiger partial charge in [0.25, 0.3) is 0 Å². The number of carbonyl (C=O) groups excluding carboxylic acids is 1. The molecule has 1 saturated heterocycles. The first kappa shape index (κ1) is 20.1. The minimum atomic E-state index is -0.511. The molecule has 1 fully saturated rings. The summed E-state index contributed by atoms with van der Waals surface area (Å²) in [5.74, 6) is 1.43. The van der Waals surface area contributed by atoms with Gasteiger partial charge in [-0.15, -0.1) is 0 Å². The molecular formula is C21H29N5O2. The zero-order chi connectivity index (χ0) is 19.8. The fourth-order valence-electron chi connectivity index (χ4n) is 3.56. The zero-order valence-corrected chi connectivity index (χ0v) is 16.6. The van der Waals surface area contributed by atoms with Crippen molar-refractivity contribution in [1.82, 2.24) is 15.3 Å². The molecule has 1 amide bonds. The molecule has 2 heterocycles. The Morgan fingerprint density at radius 3 is 2.57 bits per heavy atom. The fraction of sp³-hybridized carbons (Fsp3) is 0.476. The summed E-state index contributed by atoms with van der Waals surface area (Å²) in [6.45, 7) is 7.03. The molecule has 0 radical (unpaired) electrons. The number of anilines is 2. The van der Waals surface area contributed by atoms with Gasteiger partial charge in [-0.05, 0) is 32.3 Å². The average Bonchev–Trinajstić information content (AvgIpc) is 2.72. The summed E-state index contributed by atoms with van der Waals surface area (Å²) in [4.78, 5) is 21.9. The number of carbonyl (C=O) groups is 1. The van der Waals surface area contributed by atoms with Crippen LogP contribution in [-0.4, -0.2) is 48.7 Å². The minimum Gasteiger partial charge on any atom is -0.381 e. The number of amides is 1. The monoisotopic (exact) mass is 383 g/mol. The summed E-state index contributed by atoms with van der Waals surface area (Å²) in [6, 6.07) is 11.9. The molecule has 1 aliphatic rings. The number of hydrogen-bond acceptors (Lipinski definition) is 6. The van der Waals surface area contributed by atoms with E-state index in [1.807, 2.05) is 50.2 Å². The van der Waals surface area contributed by atoms with E-state index >= 15 is 0 Å². The maximum Gasteiger partial charge on any atom is 0.230 e. The summed E-state index contributed by atoms with van der Waals surface area (Å²) in [5.41, 5.74) is 1.44. The Morgan fingerprint density at radius 1 is 1.11 bits per heavy atom. The Morgan fingerprint density at radius 2 is 1.86 bits per heavy atom. The predicted molar refractivity (Wildman–Crippen MR) is 111 cm³/mol. The predicted octanol–water partition coefficient (Wildman–Crippen LogP) is 2.49. The summed E-state index contributed by atoms with van der Waals surface area (Å²) >= 11 is 0. The van der Waals surface area contributed by atoms with Crippen molar-refractivity contribution in [2.75, 3.05) is 43.5 Å². The van der Waals surface area contributed by atoms with E-state index < -0.39 is 5.41 Å². The van der Waals surface area contributed by atoms with Gasteiger partial charge in [0.1, 0.15) is 5.82 Å². The lowest BCUT2D eigenvalue weighted by Gasteiger charge is -2.36. The number of ether oxygens (including phenoxy) is 1. The molecule has 0 spiro atoms. The third kappa shape index (κ3) is 4.78. The van der Waals surface area contributed by atoms with E-state index in [2.05, 4.69) is 25.9 Å². The quantitative estimate of drug-likeness (QED) is 0.607. The molecule has 0 unspecified atom stereocenters. The lowest BCUT2D eigenvalue weighted by Crippen LogP contribution is -2.49. The number of benzene rings is 1. The van der Waals surface area contributed by atoms with Crippen LogP contribution in [0.5, 0.6) is 0 Å². The molecule has 150 valence electrons. The van der Waals surface area contributed by atoms with E-state index in [0.717, 1.165) is 23.6 Å². The molecule has 3 N–H and O–H groups in total. The van der Waals surface area contributed by atoms with Crippen LogP contribution in [0.3, 0.4) is 0 Å². The van der Waals surface area contributed by atoms with Crippen molar-refractivity contribution in [2.45, 2.75) is 32.1 Å².